The highest BCUT2D eigenvalue weighted by Gasteiger charge is 2.40. The first kappa shape index (κ1) is 21.5. The van der Waals surface area contributed by atoms with Crippen molar-refractivity contribution in [3.8, 4) is 11.8 Å². The maximum atomic E-state index is 13.7. The van der Waals surface area contributed by atoms with Gasteiger partial charge in [-0.1, -0.05) is 31.8 Å². The summed E-state index contributed by atoms with van der Waals surface area (Å²) in [5.74, 6) is 3.04. The van der Waals surface area contributed by atoms with E-state index in [9.17, 15) is 8.78 Å². The van der Waals surface area contributed by atoms with Gasteiger partial charge in [-0.3, -0.25) is 0 Å². The van der Waals surface area contributed by atoms with Gasteiger partial charge in [-0.15, -0.1) is 0 Å². The lowest BCUT2D eigenvalue weighted by molar-refractivity contribution is -0.0585. The van der Waals surface area contributed by atoms with E-state index < -0.39 is 11.3 Å². The van der Waals surface area contributed by atoms with Gasteiger partial charge in [0.15, 0.2) is 0 Å². The Morgan fingerprint density at radius 1 is 1.08 bits per heavy atom. The van der Waals surface area contributed by atoms with Crippen LogP contribution in [-0.4, -0.2) is 18.5 Å². The zero-order valence-corrected chi connectivity index (χ0v) is 16.8. The molecule has 1 heterocycles. The molecule has 3 heteroatoms. The van der Waals surface area contributed by atoms with Crippen molar-refractivity contribution in [2.75, 3.05) is 11.4 Å². The minimum absolute atomic E-state index is 0.423. The predicted molar refractivity (Wildman–Crippen MR) is 104 cm³/mol. The number of alkyl halides is 2. The SMILES string of the molecule is CC.CC(C)N1CCCCc2c(C#CC(C)(C)C(C)(F)F)cccc21. The highest BCUT2D eigenvalue weighted by molar-refractivity contribution is 5.62. The fourth-order valence-corrected chi connectivity index (χ4v) is 2.80. The van der Waals surface area contributed by atoms with Crippen molar-refractivity contribution in [2.24, 2.45) is 5.41 Å². The Morgan fingerprint density at radius 3 is 2.28 bits per heavy atom. The smallest absolute Gasteiger partial charge is 0.261 e. The molecule has 0 N–H and O–H groups in total. The van der Waals surface area contributed by atoms with Crippen molar-refractivity contribution in [3.05, 3.63) is 29.3 Å². The molecule has 0 aliphatic carbocycles. The first-order valence-electron chi connectivity index (χ1n) is 9.43. The van der Waals surface area contributed by atoms with Crippen molar-refractivity contribution < 1.29 is 8.78 Å². The highest BCUT2D eigenvalue weighted by atomic mass is 19.3. The molecule has 1 nitrogen and oxygen atoms in total. The van der Waals surface area contributed by atoms with Gasteiger partial charge in [0, 0.05) is 30.8 Å². The molecule has 0 unspecified atom stereocenters. The molecule has 140 valence electrons. The second-order valence-corrected chi connectivity index (χ2v) is 7.31. The Morgan fingerprint density at radius 2 is 1.72 bits per heavy atom. The summed E-state index contributed by atoms with van der Waals surface area (Å²) in [4.78, 5) is 2.40. The number of benzene rings is 1. The molecule has 2 rings (SSSR count). The lowest BCUT2D eigenvalue weighted by Gasteiger charge is -2.29. The largest absolute Gasteiger partial charge is 0.369 e. The topological polar surface area (TPSA) is 3.24 Å². The van der Waals surface area contributed by atoms with Crippen LogP contribution in [0.15, 0.2) is 18.2 Å². The van der Waals surface area contributed by atoms with Gasteiger partial charge in [0.2, 0.25) is 0 Å². The van der Waals surface area contributed by atoms with Crippen LogP contribution in [0.2, 0.25) is 0 Å². The highest BCUT2D eigenvalue weighted by Crippen LogP contribution is 2.35. The summed E-state index contributed by atoms with van der Waals surface area (Å²) in [6.45, 7) is 13.4. The van der Waals surface area contributed by atoms with E-state index in [1.54, 1.807) is 0 Å². The van der Waals surface area contributed by atoms with Crippen LogP contribution in [0.3, 0.4) is 0 Å². The van der Waals surface area contributed by atoms with E-state index >= 15 is 0 Å². The molecule has 1 aliphatic heterocycles. The van der Waals surface area contributed by atoms with E-state index in [1.807, 2.05) is 26.0 Å². The molecular weight excluding hydrogens is 316 g/mol. The average Bonchev–Trinajstić information content (AvgIpc) is 2.76. The van der Waals surface area contributed by atoms with Crippen molar-refractivity contribution >= 4 is 5.69 Å². The normalized spacial score (nSPS) is 14.7. The van der Waals surface area contributed by atoms with Gasteiger partial charge in [-0.2, -0.15) is 0 Å². The van der Waals surface area contributed by atoms with Gasteiger partial charge >= 0.3 is 0 Å². The quantitative estimate of drug-likeness (QED) is 0.567. The first-order chi connectivity index (χ1) is 11.6. The lowest BCUT2D eigenvalue weighted by atomic mass is 9.86. The number of anilines is 1. The van der Waals surface area contributed by atoms with Crippen LogP contribution < -0.4 is 4.90 Å². The number of hydrogen-bond donors (Lipinski definition) is 0. The van der Waals surface area contributed by atoms with Gasteiger partial charge in [0.1, 0.15) is 0 Å². The lowest BCUT2D eigenvalue weighted by Crippen LogP contribution is -2.32. The fraction of sp³-hybridized carbons (Fsp3) is 0.636. The number of rotatable bonds is 2. The second kappa shape index (κ2) is 8.70. The summed E-state index contributed by atoms with van der Waals surface area (Å²) >= 11 is 0. The van der Waals surface area contributed by atoms with Crippen molar-refractivity contribution in [2.45, 2.75) is 79.7 Å². The minimum Gasteiger partial charge on any atom is -0.369 e. The zero-order valence-electron chi connectivity index (χ0n) is 16.8. The monoisotopic (exact) mass is 349 g/mol. The van der Waals surface area contributed by atoms with Crippen molar-refractivity contribution in [1.29, 1.82) is 0 Å². The van der Waals surface area contributed by atoms with E-state index in [0.29, 0.717) is 6.04 Å². The number of hydrogen-bond acceptors (Lipinski definition) is 1. The molecule has 0 amide bonds. The second-order valence-electron chi connectivity index (χ2n) is 7.31. The fourth-order valence-electron chi connectivity index (χ4n) is 2.80. The average molecular weight is 350 g/mol. The third kappa shape index (κ3) is 5.21. The molecule has 1 aromatic rings. The molecule has 0 saturated carbocycles. The maximum Gasteiger partial charge on any atom is 0.261 e. The third-order valence-corrected chi connectivity index (χ3v) is 4.77. The van der Waals surface area contributed by atoms with Gasteiger partial charge in [0.25, 0.3) is 5.92 Å². The van der Waals surface area contributed by atoms with Crippen LogP contribution in [0.1, 0.15) is 72.4 Å². The van der Waals surface area contributed by atoms with E-state index in [0.717, 1.165) is 38.3 Å². The minimum atomic E-state index is -2.82. The zero-order chi connectivity index (χ0) is 19.3. The number of fused-ring (bicyclic) bond motifs is 1. The van der Waals surface area contributed by atoms with Crippen LogP contribution in [0.4, 0.5) is 14.5 Å². The molecule has 0 aromatic heterocycles. The summed E-state index contributed by atoms with van der Waals surface area (Å²) in [5.41, 5.74) is 1.98. The summed E-state index contributed by atoms with van der Waals surface area (Å²) in [6.07, 6.45) is 3.23. The standard InChI is InChI=1S/C20H27F2N.C2H6/c1-15(2)23-14-7-6-10-17-16(9-8-11-18(17)23)12-13-19(3,4)20(5,21)22;1-2/h8-9,11,15H,6-7,10,14H2,1-5H3;1-2H3. The molecule has 0 atom stereocenters. The van der Waals surface area contributed by atoms with E-state index in [4.69, 9.17) is 0 Å². The van der Waals surface area contributed by atoms with E-state index in [2.05, 4.69) is 36.7 Å². The number of nitrogens with zero attached hydrogens (tertiary/aromatic N) is 1. The molecule has 1 aliphatic rings. The Hall–Kier alpha value is -1.56. The Kier molecular flexibility index (Phi) is 7.47. The molecular formula is C22H33F2N. The predicted octanol–water partition coefficient (Wildman–Crippen LogP) is 6.30. The van der Waals surface area contributed by atoms with E-state index in [-0.39, 0.29) is 0 Å². The molecule has 0 fully saturated rings. The summed E-state index contributed by atoms with van der Waals surface area (Å²) < 4.78 is 27.3. The summed E-state index contributed by atoms with van der Waals surface area (Å²) in [5, 5.41) is 0. The van der Waals surface area contributed by atoms with E-state index in [1.165, 1.54) is 25.1 Å². The molecule has 0 radical (unpaired) electrons. The Labute approximate surface area is 152 Å². The number of halogens is 2. The van der Waals surface area contributed by atoms with Crippen LogP contribution >= 0.6 is 0 Å². The van der Waals surface area contributed by atoms with Gasteiger partial charge in [-0.05, 0) is 64.7 Å². The van der Waals surface area contributed by atoms with Crippen LogP contribution in [0.5, 0.6) is 0 Å². The molecule has 1 aromatic carbocycles. The molecule has 25 heavy (non-hydrogen) atoms. The van der Waals surface area contributed by atoms with Crippen LogP contribution in [0, 0.1) is 17.3 Å². The van der Waals surface area contributed by atoms with Gasteiger partial charge < -0.3 is 4.90 Å². The van der Waals surface area contributed by atoms with Crippen LogP contribution in [-0.2, 0) is 6.42 Å². The molecule has 0 bridgehead atoms. The first-order valence-corrected chi connectivity index (χ1v) is 9.43. The van der Waals surface area contributed by atoms with Crippen LogP contribution in [0.25, 0.3) is 0 Å². The molecule has 0 saturated heterocycles. The third-order valence-electron chi connectivity index (χ3n) is 4.77. The summed E-state index contributed by atoms with van der Waals surface area (Å²) in [7, 11) is 0. The molecule has 0 spiro atoms. The van der Waals surface area contributed by atoms with Crippen molar-refractivity contribution in [3.63, 3.8) is 0 Å². The van der Waals surface area contributed by atoms with Gasteiger partial charge in [0.05, 0.1) is 5.41 Å². The van der Waals surface area contributed by atoms with Gasteiger partial charge in [-0.25, -0.2) is 8.78 Å². The Balaban J connectivity index is 0.00000151. The Bertz CT molecular complexity index is 615. The summed E-state index contributed by atoms with van der Waals surface area (Å²) in [6, 6.07) is 6.50. The maximum absolute atomic E-state index is 13.7. The van der Waals surface area contributed by atoms with Crippen molar-refractivity contribution in [1.82, 2.24) is 0 Å².